The lowest BCUT2D eigenvalue weighted by Crippen LogP contribution is -2.47. The molecule has 0 spiro atoms. The Morgan fingerprint density at radius 1 is 1.29 bits per heavy atom. The van der Waals surface area contributed by atoms with E-state index in [9.17, 15) is 4.39 Å². The van der Waals surface area contributed by atoms with E-state index in [1.165, 1.54) is 19.3 Å². The Morgan fingerprint density at radius 2 is 1.96 bits per heavy atom. The lowest BCUT2D eigenvalue weighted by molar-refractivity contribution is 0.0834. The summed E-state index contributed by atoms with van der Waals surface area (Å²) in [5, 5.41) is 3.77. The van der Waals surface area contributed by atoms with Crippen molar-refractivity contribution in [3.05, 3.63) is 28.5 Å². The van der Waals surface area contributed by atoms with E-state index in [0.717, 1.165) is 31.7 Å². The third-order valence-corrected chi connectivity index (χ3v) is 5.07. The molecule has 2 aliphatic rings. The second-order valence-electron chi connectivity index (χ2n) is 6.17. The molecule has 3 nitrogen and oxygen atoms in total. The molecule has 0 amide bonds. The van der Waals surface area contributed by atoms with Crippen molar-refractivity contribution >= 4 is 36.4 Å². The first-order valence-electron chi connectivity index (χ1n) is 8.27. The van der Waals surface area contributed by atoms with Gasteiger partial charge in [-0.3, -0.25) is 4.90 Å². The van der Waals surface area contributed by atoms with Gasteiger partial charge in [-0.15, -0.1) is 24.8 Å². The summed E-state index contributed by atoms with van der Waals surface area (Å²) in [6.07, 6.45) is 3.72. The molecule has 1 heterocycles. The minimum atomic E-state index is -0.344. The van der Waals surface area contributed by atoms with Crippen molar-refractivity contribution in [2.24, 2.45) is 5.92 Å². The average molecular weight is 400 g/mol. The zero-order chi connectivity index (χ0) is 15.5. The number of hydrogen-bond donors (Lipinski definition) is 1. The molecule has 2 fully saturated rings. The van der Waals surface area contributed by atoms with Gasteiger partial charge in [0.2, 0.25) is 0 Å². The highest BCUT2D eigenvalue weighted by atomic mass is 35.5. The predicted molar refractivity (Wildman–Crippen MR) is 102 cm³/mol. The van der Waals surface area contributed by atoms with Crippen molar-refractivity contribution in [2.75, 3.05) is 32.8 Å². The van der Waals surface area contributed by atoms with Gasteiger partial charge < -0.3 is 10.1 Å². The fraction of sp³-hybridized carbons (Fsp3) is 0.647. The van der Waals surface area contributed by atoms with Crippen LogP contribution in [-0.4, -0.2) is 37.7 Å². The topological polar surface area (TPSA) is 24.5 Å². The van der Waals surface area contributed by atoms with Crippen molar-refractivity contribution in [1.29, 1.82) is 0 Å². The Morgan fingerprint density at radius 3 is 2.46 bits per heavy atom. The molecule has 24 heavy (non-hydrogen) atoms. The number of nitrogens with one attached hydrogen (secondary N) is 1. The molecule has 0 radical (unpaired) electrons. The summed E-state index contributed by atoms with van der Waals surface area (Å²) in [6.45, 7) is 6.26. The van der Waals surface area contributed by atoms with Crippen molar-refractivity contribution in [3.8, 4) is 5.75 Å². The van der Waals surface area contributed by atoms with E-state index in [2.05, 4.69) is 10.2 Å². The summed E-state index contributed by atoms with van der Waals surface area (Å²) in [5.41, 5.74) is 0.998. The van der Waals surface area contributed by atoms with Crippen LogP contribution in [0.25, 0.3) is 0 Å². The molecule has 0 bridgehead atoms. The zero-order valence-electron chi connectivity index (χ0n) is 13.9. The Balaban J connectivity index is 0.00000144. The highest BCUT2D eigenvalue weighted by Gasteiger charge is 2.34. The number of halogens is 4. The van der Waals surface area contributed by atoms with E-state index in [1.54, 1.807) is 6.07 Å². The van der Waals surface area contributed by atoms with Crippen molar-refractivity contribution < 1.29 is 9.13 Å². The van der Waals surface area contributed by atoms with Gasteiger partial charge >= 0.3 is 0 Å². The lowest BCUT2D eigenvalue weighted by Gasteiger charge is -2.43. The fourth-order valence-corrected chi connectivity index (χ4v) is 3.80. The van der Waals surface area contributed by atoms with Crippen LogP contribution in [0.2, 0.25) is 5.02 Å². The molecule has 7 heteroatoms. The van der Waals surface area contributed by atoms with Crippen molar-refractivity contribution in [1.82, 2.24) is 10.2 Å². The van der Waals surface area contributed by atoms with Crippen LogP contribution in [0.5, 0.6) is 5.75 Å². The summed E-state index contributed by atoms with van der Waals surface area (Å²) in [6, 6.07) is 3.81. The van der Waals surface area contributed by atoms with Crippen LogP contribution < -0.4 is 10.1 Å². The van der Waals surface area contributed by atoms with E-state index in [4.69, 9.17) is 16.3 Å². The Kier molecular flexibility index (Phi) is 9.10. The van der Waals surface area contributed by atoms with Gasteiger partial charge in [-0.05, 0) is 43.4 Å². The summed E-state index contributed by atoms with van der Waals surface area (Å²) >= 11 is 6.27. The van der Waals surface area contributed by atoms with Gasteiger partial charge in [0.05, 0.1) is 11.6 Å². The maximum Gasteiger partial charge on any atom is 0.173 e. The van der Waals surface area contributed by atoms with E-state index in [-0.39, 0.29) is 42.4 Å². The van der Waals surface area contributed by atoms with Crippen molar-refractivity contribution in [2.45, 2.75) is 32.2 Å². The first-order valence-corrected chi connectivity index (χ1v) is 8.65. The molecule has 1 saturated carbocycles. The zero-order valence-corrected chi connectivity index (χ0v) is 16.3. The van der Waals surface area contributed by atoms with Gasteiger partial charge in [-0.1, -0.05) is 18.0 Å². The van der Waals surface area contributed by atoms with E-state index in [0.29, 0.717) is 17.5 Å². The highest BCUT2D eigenvalue weighted by Crippen LogP contribution is 2.43. The fourth-order valence-electron chi connectivity index (χ4n) is 3.53. The smallest absolute Gasteiger partial charge is 0.173 e. The third-order valence-electron chi connectivity index (χ3n) is 4.79. The van der Waals surface area contributed by atoms with Crippen LogP contribution in [0.15, 0.2) is 12.1 Å². The molecule has 1 aromatic carbocycles. The third kappa shape index (κ3) is 4.67. The van der Waals surface area contributed by atoms with Crippen LogP contribution in [0.1, 0.15) is 37.8 Å². The predicted octanol–water partition coefficient (Wildman–Crippen LogP) is 4.47. The highest BCUT2D eigenvalue weighted by molar-refractivity contribution is 6.32. The standard InChI is InChI=1S/C17H24ClFN2O.2ClH/c1-2-22-17-14(18)10-13(11-15(17)19)16(12-4-3-5-12)21-8-6-20-7-9-21;;/h10-12,16,20H,2-9H2,1H3;2*1H/t16-;;/m0../s1. The average Bonchev–Trinajstić information content (AvgIpc) is 2.47. The molecule has 1 N–H and O–H groups in total. The largest absolute Gasteiger partial charge is 0.489 e. The van der Waals surface area contributed by atoms with Crippen LogP contribution in [0.3, 0.4) is 0 Å². The first kappa shape index (κ1) is 21.8. The Bertz CT molecular complexity index is 500. The number of hydrogen-bond acceptors (Lipinski definition) is 3. The summed E-state index contributed by atoms with van der Waals surface area (Å²) < 4.78 is 19.7. The number of nitrogens with zero attached hydrogens (tertiary/aromatic N) is 1. The molecule has 1 aliphatic heterocycles. The van der Waals surface area contributed by atoms with Crippen LogP contribution in [-0.2, 0) is 0 Å². The van der Waals surface area contributed by atoms with Crippen molar-refractivity contribution in [3.63, 3.8) is 0 Å². The van der Waals surface area contributed by atoms with E-state index < -0.39 is 0 Å². The SMILES string of the molecule is CCOc1c(F)cc([C@H](C2CCC2)N2CCNCC2)cc1Cl.Cl.Cl. The molecule has 138 valence electrons. The molecular formula is C17H26Cl3FN2O. The number of piperazine rings is 1. The van der Waals surface area contributed by atoms with E-state index >= 15 is 0 Å². The quantitative estimate of drug-likeness (QED) is 0.790. The van der Waals surface area contributed by atoms with Crippen LogP contribution >= 0.6 is 36.4 Å². The van der Waals surface area contributed by atoms with Crippen LogP contribution in [0.4, 0.5) is 4.39 Å². The maximum absolute atomic E-state index is 14.4. The molecule has 0 unspecified atom stereocenters. The second kappa shape index (κ2) is 10.0. The number of rotatable bonds is 5. The van der Waals surface area contributed by atoms with Gasteiger partial charge in [0.25, 0.3) is 0 Å². The second-order valence-corrected chi connectivity index (χ2v) is 6.58. The summed E-state index contributed by atoms with van der Waals surface area (Å²) in [4.78, 5) is 2.48. The van der Waals surface area contributed by atoms with Gasteiger partial charge in [0, 0.05) is 32.2 Å². The van der Waals surface area contributed by atoms with Crippen LogP contribution in [0, 0.1) is 11.7 Å². The lowest BCUT2D eigenvalue weighted by atomic mass is 9.76. The minimum Gasteiger partial charge on any atom is -0.489 e. The molecule has 1 aliphatic carbocycles. The number of benzene rings is 1. The van der Waals surface area contributed by atoms with Gasteiger partial charge in [-0.25, -0.2) is 4.39 Å². The number of ether oxygens (including phenoxy) is 1. The molecule has 0 aromatic heterocycles. The molecule has 1 saturated heterocycles. The normalized spacial score (nSPS) is 19.6. The minimum absolute atomic E-state index is 0. The van der Waals surface area contributed by atoms with E-state index in [1.807, 2.05) is 13.0 Å². The van der Waals surface area contributed by atoms with Gasteiger partial charge in [-0.2, -0.15) is 0 Å². The first-order chi connectivity index (χ1) is 10.7. The monoisotopic (exact) mass is 398 g/mol. The molecule has 1 aromatic rings. The Hall–Kier alpha value is -0.260. The van der Waals surface area contributed by atoms with Gasteiger partial charge in [0.15, 0.2) is 11.6 Å². The summed E-state index contributed by atoms with van der Waals surface area (Å²) in [5.74, 6) is 0.455. The molecule has 3 rings (SSSR count). The summed E-state index contributed by atoms with van der Waals surface area (Å²) in [7, 11) is 0. The van der Waals surface area contributed by atoms with Gasteiger partial charge in [0.1, 0.15) is 0 Å². The maximum atomic E-state index is 14.4. The Labute approximate surface area is 161 Å². The molecular weight excluding hydrogens is 374 g/mol. The molecule has 1 atom stereocenters.